The van der Waals surface area contributed by atoms with Gasteiger partial charge in [-0.05, 0) is 34.7 Å². The van der Waals surface area contributed by atoms with Crippen LogP contribution in [0.1, 0.15) is 20.8 Å². The lowest BCUT2D eigenvalue weighted by Gasteiger charge is -2.35. The first kappa shape index (κ1) is 24.0. The quantitative estimate of drug-likeness (QED) is 0.574. The second kappa shape index (κ2) is 9.58. The minimum atomic E-state index is -0.820. The first-order valence-corrected chi connectivity index (χ1v) is 11.9. The van der Waals surface area contributed by atoms with Crippen LogP contribution in [-0.2, 0) is 14.4 Å². The highest BCUT2D eigenvalue weighted by molar-refractivity contribution is 6.03. The lowest BCUT2D eigenvalue weighted by Crippen LogP contribution is -2.52. The van der Waals surface area contributed by atoms with Gasteiger partial charge in [0.25, 0.3) is 0 Å². The highest BCUT2D eigenvalue weighted by Crippen LogP contribution is 2.45. The SMILES string of the molecule is CNC(=O)[C@H]1[C@H]2C(=O)N([C@@H](CO)C(C)C)[C@H](C(=O)Nc3ccc4ccccc4c3)[C@H]2C=C[C@H]1C. The number of aliphatic hydroxyl groups excluding tert-OH is 1. The Kier molecular flexibility index (Phi) is 6.75. The summed E-state index contributed by atoms with van der Waals surface area (Å²) in [4.78, 5) is 41.8. The third-order valence-corrected chi connectivity index (χ3v) is 7.36. The Hall–Kier alpha value is -3.19. The fraction of sp³-hybridized carbons (Fsp3) is 0.444. The largest absolute Gasteiger partial charge is 0.394 e. The summed E-state index contributed by atoms with van der Waals surface area (Å²) in [5, 5.41) is 17.9. The summed E-state index contributed by atoms with van der Waals surface area (Å²) in [6, 6.07) is 12.2. The summed E-state index contributed by atoms with van der Waals surface area (Å²) in [5.41, 5.74) is 0.639. The molecule has 0 radical (unpaired) electrons. The first-order valence-electron chi connectivity index (χ1n) is 11.9. The third-order valence-electron chi connectivity index (χ3n) is 7.36. The van der Waals surface area contributed by atoms with Crippen LogP contribution in [0.5, 0.6) is 0 Å². The van der Waals surface area contributed by atoms with E-state index in [0.29, 0.717) is 5.69 Å². The predicted octanol–water partition coefficient (Wildman–Crippen LogP) is 2.81. The normalized spacial score (nSPS) is 27.1. The number of rotatable bonds is 6. The van der Waals surface area contributed by atoms with Gasteiger partial charge in [-0.2, -0.15) is 0 Å². The van der Waals surface area contributed by atoms with Gasteiger partial charge in [0.15, 0.2) is 0 Å². The van der Waals surface area contributed by atoms with Crippen LogP contribution in [0.15, 0.2) is 54.6 Å². The van der Waals surface area contributed by atoms with E-state index in [1.807, 2.05) is 75.4 Å². The van der Waals surface area contributed by atoms with Gasteiger partial charge in [-0.3, -0.25) is 14.4 Å². The molecule has 6 atom stereocenters. The molecule has 2 aromatic rings. The number of benzene rings is 2. The molecule has 4 rings (SSSR count). The smallest absolute Gasteiger partial charge is 0.247 e. The number of carbonyl (C=O) groups is 3. The van der Waals surface area contributed by atoms with Gasteiger partial charge in [0.05, 0.1) is 24.5 Å². The number of amides is 3. The van der Waals surface area contributed by atoms with E-state index in [9.17, 15) is 19.5 Å². The molecule has 3 N–H and O–H groups in total. The van der Waals surface area contributed by atoms with Gasteiger partial charge in [0.1, 0.15) is 6.04 Å². The van der Waals surface area contributed by atoms with Crippen LogP contribution in [0.2, 0.25) is 0 Å². The molecule has 3 amide bonds. The molecule has 2 aliphatic rings. The van der Waals surface area contributed by atoms with Crippen molar-refractivity contribution in [3.05, 3.63) is 54.6 Å². The van der Waals surface area contributed by atoms with E-state index in [1.165, 1.54) is 4.90 Å². The van der Waals surface area contributed by atoms with Gasteiger partial charge in [-0.1, -0.05) is 63.3 Å². The van der Waals surface area contributed by atoms with Crippen molar-refractivity contribution in [1.29, 1.82) is 0 Å². The molecule has 1 saturated heterocycles. The van der Waals surface area contributed by atoms with Crippen LogP contribution in [0.3, 0.4) is 0 Å². The minimum absolute atomic E-state index is 0.0649. The van der Waals surface area contributed by atoms with Gasteiger partial charge in [-0.15, -0.1) is 0 Å². The second-order valence-corrected chi connectivity index (χ2v) is 9.72. The van der Waals surface area contributed by atoms with E-state index in [2.05, 4.69) is 10.6 Å². The number of nitrogens with zero attached hydrogens (tertiary/aromatic N) is 1. The average molecular weight is 464 g/mol. The summed E-state index contributed by atoms with van der Waals surface area (Å²) >= 11 is 0. The molecule has 0 aromatic heterocycles. The third kappa shape index (κ3) is 4.09. The summed E-state index contributed by atoms with van der Waals surface area (Å²) in [6.45, 7) is 5.50. The van der Waals surface area contributed by atoms with E-state index in [0.717, 1.165) is 10.8 Å². The number of allylic oxidation sites excluding steroid dienone is 1. The molecule has 0 unspecified atom stereocenters. The van der Waals surface area contributed by atoms with E-state index < -0.39 is 29.8 Å². The van der Waals surface area contributed by atoms with Gasteiger partial charge >= 0.3 is 0 Å². The van der Waals surface area contributed by atoms with Crippen molar-refractivity contribution in [2.24, 2.45) is 29.6 Å². The number of nitrogens with one attached hydrogen (secondary N) is 2. The van der Waals surface area contributed by atoms with Gasteiger partial charge in [-0.25, -0.2) is 0 Å². The number of anilines is 1. The molecular formula is C27H33N3O4. The van der Waals surface area contributed by atoms with E-state index in [4.69, 9.17) is 0 Å². The van der Waals surface area contributed by atoms with Crippen molar-refractivity contribution in [2.75, 3.05) is 19.0 Å². The molecule has 180 valence electrons. The fourth-order valence-corrected chi connectivity index (χ4v) is 5.57. The number of fused-ring (bicyclic) bond motifs is 2. The van der Waals surface area contributed by atoms with Crippen LogP contribution in [-0.4, -0.2) is 53.5 Å². The Bertz CT molecular complexity index is 1130. The molecule has 34 heavy (non-hydrogen) atoms. The van der Waals surface area contributed by atoms with Crippen molar-refractivity contribution >= 4 is 34.2 Å². The van der Waals surface area contributed by atoms with Crippen molar-refractivity contribution in [3.63, 3.8) is 0 Å². The van der Waals surface area contributed by atoms with Gasteiger partial charge < -0.3 is 20.6 Å². The maximum atomic E-state index is 13.8. The first-order chi connectivity index (χ1) is 16.3. The summed E-state index contributed by atoms with van der Waals surface area (Å²) in [5.74, 6) is -2.66. The molecule has 1 fully saturated rings. The molecule has 7 nitrogen and oxygen atoms in total. The zero-order valence-electron chi connectivity index (χ0n) is 20.1. The van der Waals surface area contributed by atoms with Gasteiger partial charge in [0, 0.05) is 18.7 Å². The van der Waals surface area contributed by atoms with Crippen LogP contribution in [0, 0.1) is 29.6 Å². The Labute approximate surface area is 200 Å². The Morgan fingerprint density at radius 3 is 2.41 bits per heavy atom. The fourth-order valence-electron chi connectivity index (χ4n) is 5.57. The number of likely N-dealkylation sites (tertiary alicyclic amines) is 1. The topological polar surface area (TPSA) is 98.7 Å². The molecule has 0 bridgehead atoms. The zero-order chi connectivity index (χ0) is 24.6. The predicted molar refractivity (Wildman–Crippen MR) is 132 cm³/mol. The summed E-state index contributed by atoms with van der Waals surface area (Å²) < 4.78 is 0. The monoisotopic (exact) mass is 463 g/mol. The van der Waals surface area contributed by atoms with Crippen molar-refractivity contribution in [2.45, 2.75) is 32.9 Å². The lowest BCUT2D eigenvalue weighted by atomic mass is 9.70. The van der Waals surface area contributed by atoms with E-state index >= 15 is 0 Å². The van der Waals surface area contributed by atoms with Crippen molar-refractivity contribution in [3.8, 4) is 0 Å². The van der Waals surface area contributed by atoms with Crippen molar-refractivity contribution < 1.29 is 19.5 Å². The molecule has 1 aliphatic heterocycles. The molecule has 1 aliphatic carbocycles. The molecule has 1 heterocycles. The van der Waals surface area contributed by atoms with Crippen LogP contribution >= 0.6 is 0 Å². The summed E-state index contributed by atoms with van der Waals surface area (Å²) in [7, 11) is 1.56. The highest BCUT2D eigenvalue weighted by Gasteiger charge is 2.58. The van der Waals surface area contributed by atoms with Crippen LogP contribution in [0.4, 0.5) is 5.69 Å². The molecule has 7 heteroatoms. The number of aliphatic hydroxyl groups is 1. The van der Waals surface area contributed by atoms with Crippen molar-refractivity contribution in [1.82, 2.24) is 10.2 Å². The Morgan fingerprint density at radius 2 is 1.76 bits per heavy atom. The number of hydrogen-bond donors (Lipinski definition) is 3. The van der Waals surface area contributed by atoms with Gasteiger partial charge in [0.2, 0.25) is 17.7 Å². The van der Waals surface area contributed by atoms with Crippen LogP contribution in [0.25, 0.3) is 10.8 Å². The standard InChI is InChI=1S/C27H33N3O4/c1-15(2)21(14-31)30-24(20-12-9-16(3)22(25(32)28-4)23(20)27(30)34)26(33)29-19-11-10-17-7-5-6-8-18(17)13-19/h5-13,15-16,20-24,31H,14H2,1-4H3,(H,28,32)(H,29,33)/t16-,20+,21+,22-,23+,24+/m1/s1. The highest BCUT2D eigenvalue weighted by atomic mass is 16.3. The minimum Gasteiger partial charge on any atom is -0.394 e. The van der Waals surface area contributed by atoms with Crippen LogP contribution < -0.4 is 10.6 Å². The lowest BCUT2D eigenvalue weighted by molar-refractivity contribution is -0.143. The molecule has 0 saturated carbocycles. The summed E-state index contributed by atoms with van der Waals surface area (Å²) in [6.07, 6.45) is 3.84. The van der Waals surface area contributed by atoms with E-state index in [1.54, 1.807) is 7.05 Å². The number of hydrogen-bond acceptors (Lipinski definition) is 4. The molecule has 0 spiro atoms. The maximum Gasteiger partial charge on any atom is 0.247 e. The second-order valence-electron chi connectivity index (χ2n) is 9.72. The Balaban J connectivity index is 1.73. The van der Waals surface area contributed by atoms with E-state index in [-0.39, 0.29) is 36.2 Å². The number of carbonyl (C=O) groups excluding carboxylic acids is 3. The molecular weight excluding hydrogens is 430 g/mol. The average Bonchev–Trinajstić information content (AvgIpc) is 3.11. The Morgan fingerprint density at radius 1 is 1.06 bits per heavy atom. The molecule has 2 aromatic carbocycles. The maximum absolute atomic E-state index is 13.8. The zero-order valence-corrected chi connectivity index (χ0v) is 20.1.